The van der Waals surface area contributed by atoms with Crippen LogP contribution in [0.2, 0.25) is 0 Å². The fourth-order valence-electron chi connectivity index (χ4n) is 1.57. The zero-order chi connectivity index (χ0) is 12.3. The monoisotopic (exact) mass is 228 g/mol. The molecule has 0 saturated heterocycles. The van der Waals surface area contributed by atoms with E-state index in [9.17, 15) is 9.59 Å². The molecular weight excluding hydrogens is 216 g/mol. The van der Waals surface area contributed by atoms with Crippen molar-refractivity contribution in [3.8, 4) is 11.8 Å². The second-order valence-electron chi connectivity index (χ2n) is 3.70. The van der Waals surface area contributed by atoms with Gasteiger partial charge in [-0.25, -0.2) is 0 Å². The Kier molecular flexibility index (Phi) is 3.22. The summed E-state index contributed by atoms with van der Waals surface area (Å²) in [6.45, 7) is 0.830. The predicted molar refractivity (Wildman–Crippen MR) is 64.8 cm³/mol. The van der Waals surface area contributed by atoms with Gasteiger partial charge in [0.15, 0.2) is 0 Å². The summed E-state index contributed by atoms with van der Waals surface area (Å²) in [7, 11) is 1.87. The topological polar surface area (TPSA) is 58.2 Å². The zero-order valence-electron chi connectivity index (χ0n) is 9.46. The van der Waals surface area contributed by atoms with Gasteiger partial charge in [0.1, 0.15) is 0 Å². The lowest BCUT2D eigenvalue weighted by Gasteiger charge is -1.96. The molecule has 0 unspecified atom stereocenters. The van der Waals surface area contributed by atoms with Crippen molar-refractivity contribution in [3.63, 3.8) is 0 Å². The van der Waals surface area contributed by atoms with Gasteiger partial charge in [0, 0.05) is 18.5 Å². The third-order valence-corrected chi connectivity index (χ3v) is 2.45. The third-order valence-electron chi connectivity index (χ3n) is 2.45. The number of amides is 1. The van der Waals surface area contributed by atoms with Gasteiger partial charge in [-0.3, -0.25) is 9.59 Å². The Labute approximate surface area is 99.4 Å². The lowest BCUT2D eigenvalue weighted by atomic mass is 10.1. The first-order chi connectivity index (χ1) is 8.22. The molecule has 86 valence electrons. The van der Waals surface area contributed by atoms with Crippen LogP contribution in [0.3, 0.4) is 0 Å². The van der Waals surface area contributed by atoms with Crippen LogP contribution in [0.25, 0.3) is 0 Å². The normalized spacial score (nSPS) is 12.8. The summed E-state index contributed by atoms with van der Waals surface area (Å²) in [5.74, 6) is 4.90. The number of carbonyl (C=O) groups excluding carboxylic acids is 2. The van der Waals surface area contributed by atoms with Crippen LogP contribution in [-0.2, 0) is 4.79 Å². The SMILES string of the molecule is CNCCC#Cc1ccc2c(c1)C(=O)C(=O)N2. The average molecular weight is 228 g/mol. The molecule has 1 aliphatic rings. The lowest BCUT2D eigenvalue weighted by Crippen LogP contribution is -2.12. The minimum absolute atomic E-state index is 0.412. The van der Waals surface area contributed by atoms with Crippen molar-refractivity contribution in [3.05, 3.63) is 29.3 Å². The molecule has 0 aliphatic carbocycles. The van der Waals surface area contributed by atoms with Crippen LogP contribution >= 0.6 is 0 Å². The van der Waals surface area contributed by atoms with Gasteiger partial charge < -0.3 is 10.6 Å². The summed E-state index contributed by atoms with van der Waals surface area (Å²) in [5, 5.41) is 5.50. The lowest BCUT2D eigenvalue weighted by molar-refractivity contribution is -0.112. The molecule has 4 nitrogen and oxygen atoms in total. The number of benzene rings is 1. The van der Waals surface area contributed by atoms with Crippen LogP contribution in [0.4, 0.5) is 5.69 Å². The maximum atomic E-state index is 11.5. The molecular formula is C13H12N2O2. The number of rotatable bonds is 2. The first-order valence-electron chi connectivity index (χ1n) is 5.35. The molecule has 0 bridgehead atoms. The summed E-state index contributed by atoms with van der Waals surface area (Å²) in [6, 6.07) is 5.16. The van der Waals surface area contributed by atoms with Gasteiger partial charge in [0.25, 0.3) is 11.7 Å². The van der Waals surface area contributed by atoms with E-state index in [0.29, 0.717) is 11.3 Å². The molecule has 2 rings (SSSR count). The van der Waals surface area contributed by atoms with Crippen LogP contribution in [0, 0.1) is 11.8 Å². The van der Waals surface area contributed by atoms with Crippen LogP contribution < -0.4 is 10.6 Å². The van der Waals surface area contributed by atoms with E-state index in [-0.39, 0.29) is 0 Å². The van der Waals surface area contributed by atoms with Crippen LogP contribution in [0.5, 0.6) is 0 Å². The number of carbonyl (C=O) groups is 2. The predicted octanol–water partition coefficient (Wildman–Crippen LogP) is 0.782. The van der Waals surface area contributed by atoms with E-state index in [1.54, 1.807) is 18.2 Å². The number of ketones is 1. The number of anilines is 1. The highest BCUT2D eigenvalue weighted by molar-refractivity contribution is 6.51. The van der Waals surface area contributed by atoms with E-state index >= 15 is 0 Å². The highest BCUT2D eigenvalue weighted by Crippen LogP contribution is 2.23. The minimum atomic E-state index is -0.569. The molecule has 17 heavy (non-hydrogen) atoms. The fourth-order valence-corrected chi connectivity index (χ4v) is 1.57. The number of fused-ring (bicyclic) bond motifs is 1. The van der Waals surface area contributed by atoms with E-state index in [2.05, 4.69) is 22.5 Å². The van der Waals surface area contributed by atoms with E-state index in [0.717, 1.165) is 18.5 Å². The second-order valence-corrected chi connectivity index (χ2v) is 3.70. The van der Waals surface area contributed by atoms with E-state index < -0.39 is 11.7 Å². The number of hydrogen-bond donors (Lipinski definition) is 2. The van der Waals surface area contributed by atoms with Crippen LogP contribution in [0.1, 0.15) is 22.3 Å². The van der Waals surface area contributed by atoms with Crippen molar-refractivity contribution in [2.24, 2.45) is 0 Å². The largest absolute Gasteiger partial charge is 0.319 e. The zero-order valence-corrected chi connectivity index (χ0v) is 9.46. The van der Waals surface area contributed by atoms with Gasteiger partial charge in [-0.15, -0.1) is 0 Å². The van der Waals surface area contributed by atoms with Gasteiger partial charge in [-0.05, 0) is 25.2 Å². The standard InChI is InChI=1S/C13H12N2O2/c1-14-7-3-2-4-9-5-6-11-10(8-9)12(16)13(17)15-11/h5-6,8,14H,3,7H2,1H3,(H,15,16,17). The quantitative estimate of drug-likeness (QED) is 0.447. The van der Waals surface area contributed by atoms with Crippen molar-refractivity contribution in [2.75, 3.05) is 18.9 Å². The maximum Gasteiger partial charge on any atom is 0.296 e. The average Bonchev–Trinajstić information content (AvgIpc) is 2.61. The van der Waals surface area contributed by atoms with E-state index in [4.69, 9.17) is 0 Å². The Hall–Kier alpha value is -2.12. The molecule has 1 heterocycles. The molecule has 1 aliphatic heterocycles. The molecule has 2 N–H and O–H groups in total. The van der Waals surface area contributed by atoms with Crippen LogP contribution in [-0.4, -0.2) is 25.3 Å². The summed E-state index contributed by atoms with van der Waals surface area (Å²) in [4.78, 5) is 22.6. The molecule has 0 fully saturated rings. The van der Waals surface area contributed by atoms with Gasteiger partial charge in [-0.2, -0.15) is 0 Å². The number of Topliss-reactive ketones (excluding diaryl/α,β-unsaturated/α-hetero) is 1. The summed E-state index contributed by atoms with van der Waals surface area (Å²) in [6.07, 6.45) is 0.749. The Balaban J connectivity index is 2.20. The molecule has 1 aromatic rings. The Morgan fingerprint density at radius 3 is 2.94 bits per heavy atom. The molecule has 0 atom stereocenters. The fraction of sp³-hybridized carbons (Fsp3) is 0.231. The van der Waals surface area contributed by atoms with Gasteiger partial charge in [0.05, 0.1) is 11.3 Å². The highest BCUT2D eigenvalue weighted by Gasteiger charge is 2.27. The molecule has 0 aromatic heterocycles. The van der Waals surface area contributed by atoms with E-state index in [1.807, 2.05) is 7.05 Å². The molecule has 0 radical (unpaired) electrons. The van der Waals surface area contributed by atoms with Gasteiger partial charge in [-0.1, -0.05) is 11.8 Å². The second kappa shape index (κ2) is 4.81. The minimum Gasteiger partial charge on any atom is -0.319 e. The number of nitrogens with one attached hydrogen (secondary N) is 2. The molecule has 1 aromatic carbocycles. The molecule has 0 spiro atoms. The molecule has 1 amide bonds. The van der Waals surface area contributed by atoms with Crippen molar-refractivity contribution >= 4 is 17.4 Å². The Morgan fingerprint density at radius 1 is 1.35 bits per heavy atom. The van der Waals surface area contributed by atoms with Crippen molar-refractivity contribution in [1.29, 1.82) is 0 Å². The van der Waals surface area contributed by atoms with E-state index in [1.165, 1.54) is 0 Å². The van der Waals surface area contributed by atoms with Gasteiger partial charge >= 0.3 is 0 Å². The first-order valence-corrected chi connectivity index (χ1v) is 5.35. The summed E-state index contributed by atoms with van der Waals surface area (Å²) < 4.78 is 0. The van der Waals surface area contributed by atoms with Crippen molar-refractivity contribution in [1.82, 2.24) is 5.32 Å². The Bertz CT molecular complexity index is 538. The van der Waals surface area contributed by atoms with Crippen molar-refractivity contribution < 1.29 is 9.59 Å². The molecule has 4 heteroatoms. The highest BCUT2D eigenvalue weighted by atomic mass is 16.2. The third kappa shape index (κ3) is 2.35. The van der Waals surface area contributed by atoms with Crippen LogP contribution in [0.15, 0.2) is 18.2 Å². The maximum absolute atomic E-state index is 11.5. The van der Waals surface area contributed by atoms with Gasteiger partial charge in [0.2, 0.25) is 0 Å². The smallest absolute Gasteiger partial charge is 0.296 e. The Morgan fingerprint density at radius 2 is 2.18 bits per heavy atom. The molecule has 0 saturated carbocycles. The summed E-state index contributed by atoms with van der Waals surface area (Å²) >= 11 is 0. The summed E-state index contributed by atoms with van der Waals surface area (Å²) in [5.41, 5.74) is 1.74. The first kappa shape index (κ1) is 11.4. The number of hydrogen-bond acceptors (Lipinski definition) is 3. The van der Waals surface area contributed by atoms with Crippen molar-refractivity contribution in [2.45, 2.75) is 6.42 Å².